The topological polar surface area (TPSA) is 38.3 Å². The fourth-order valence-electron chi connectivity index (χ4n) is 2.11. The van der Waals surface area contributed by atoms with Crippen molar-refractivity contribution in [3.8, 4) is 0 Å². The zero-order valence-corrected chi connectivity index (χ0v) is 12.9. The molecule has 2 rings (SSSR count). The lowest BCUT2D eigenvalue weighted by Gasteiger charge is -2.16. The molecule has 2 aromatic rings. The van der Waals surface area contributed by atoms with Gasteiger partial charge in [0.2, 0.25) is 0 Å². The molecule has 0 heterocycles. The van der Waals surface area contributed by atoms with Gasteiger partial charge in [-0.05, 0) is 29.7 Å². The number of anilines is 1. The molecular weight excluding hydrogens is 286 g/mol. The molecule has 0 fully saturated rings. The molecule has 0 saturated heterocycles. The van der Waals surface area contributed by atoms with Crippen LogP contribution in [0.5, 0.6) is 0 Å². The van der Waals surface area contributed by atoms with Gasteiger partial charge in [0.05, 0.1) is 12.7 Å². The first-order chi connectivity index (χ1) is 10.1. The minimum absolute atomic E-state index is 0.326. The Hall–Kier alpha value is -2.00. The first-order valence-electron chi connectivity index (χ1n) is 6.78. The smallest absolute Gasteiger partial charge is 0.340 e. The van der Waals surface area contributed by atoms with Crippen molar-refractivity contribution in [3.05, 3.63) is 64.7 Å². The van der Waals surface area contributed by atoms with Crippen molar-refractivity contribution in [2.45, 2.75) is 12.8 Å². The maximum atomic E-state index is 11.8. The molecule has 0 radical (unpaired) electrons. The van der Waals surface area contributed by atoms with E-state index in [9.17, 15) is 4.79 Å². The van der Waals surface area contributed by atoms with Crippen LogP contribution in [0.3, 0.4) is 0 Å². The Morgan fingerprint density at radius 3 is 2.62 bits per heavy atom. The van der Waals surface area contributed by atoms with Crippen molar-refractivity contribution in [1.29, 1.82) is 0 Å². The summed E-state index contributed by atoms with van der Waals surface area (Å²) in [4.78, 5) is 11.8. The van der Waals surface area contributed by atoms with E-state index in [1.54, 1.807) is 18.2 Å². The molecule has 21 heavy (non-hydrogen) atoms. The molecule has 0 spiro atoms. The Balaban J connectivity index is 2.11. The molecule has 0 aliphatic rings. The highest BCUT2D eigenvalue weighted by Gasteiger charge is 2.13. The number of ether oxygens (including phenoxy) is 1. The van der Waals surface area contributed by atoms with Crippen molar-refractivity contribution < 1.29 is 9.53 Å². The van der Waals surface area contributed by atoms with E-state index in [0.717, 1.165) is 12.2 Å². The van der Waals surface area contributed by atoms with Crippen LogP contribution in [0.2, 0.25) is 5.02 Å². The summed E-state index contributed by atoms with van der Waals surface area (Å²) in [5, 5.41) is 3.81. The molecule has 2 aromatic carbocycles. The van der Waals surface area contributed by atoms with Crippen LogP contribution in [-0.2, 0) is 4.74 Å². The van der Waals surface area contributed by atoms with E-state index in [1.165, 1.54) is 12.7 Å². The number of halogens is 1. The Morgan fingerprint density at radius 1 is 1.24 bits per heavy atom. The van der Waals surface area contributed by atoms with Crippen LogP contribution in [0.1, 0.15) is 28.8 Å². The van der Waals surface area contributed by atoms with Gasteiger partial charge in [-0.1, -0.05) is 48.9 Å². The first-order valence-corrected chi connectivity index (χ1v) is 7.16. The van der Waals surface area contributed by atoms with Crippen LogP contribution >= 0.6 is 11.6 Å². The van der Waals surface area contributed by atoms with E-state index >= 15 is 0 Å². The fourth-order valence-corrected chi connectivity index (χ4v) is 2.28. The fraction of sp³-hybridized carbons (Fsp3) is 0.235. The SMILES string of the molecule is COC(=O)c1cc(Cl)ccc1NCC(C)c1ccccc1. The summed E-state index contributed by atoms with van der Waals surface area (Å²) >= 11 is 5.94. The third-order valence-corrected chi connectivity index (χ3v) is 3.59. The molecule has 0 aliphatic heterocycles. The lowest BCUT2D eigenvalue weighted by Crippen LogP contribution is -2.13. The summed E-state index contributed by atoms with van der Waals surface area (Å²) in [6.45, 7) is 2.85. The van der Waals surface area contributed by atoms with E-state index < -0.39 is 5.97 Å². The molecule has 3 nitrogen and oxygen atoms in total. The van der Waals surface area contributed by atoms with Crippen molar-refractivity contribution in [2.75, 3.05) is 19.0 Å². The van der Waals surface area contributed by atoms with Gasteiger partial charge in [0.25, 0.3) is 0 Å². The maximum absolute atomic E-state index is 11.8. The lowest BCUT2D eigenvalue weighted by molar-refractivity contribution is 0.0602. The van der Waals surface area contributed by atoms with Crippen molar-refractivity contribution in [3.63, 3.8) is 0 Å². The molecule has 1 atom stereocenters. The minimum Gasteiger partial charge on any atom is -0.465 e. The normalized spacial score (nSPS) is 11.8. The third kappa shape index (κ3) is 3.99. The average molecular weight is 304 g/mol. The molecule has 110 valence electrons. The summed E-state index contributed by atoms with van der Waals surface area (Å²) in [5.74, 6) is -0.0697. The summed E-state index contributed by atoms with van der Waals surface area (Å²) in [6.07, 6.45) is 0. The minimum atomic E-state index is -0.396. The molecule has 0 aliphatic carbocycles. The quantitative estimate of drug-likeness (QED) is 0.835. The second-order valence-corrected chi connectivity index (χ2v) is 5.31. The van der Waals surface area contributed by atoms with Gasteiger partial charge in [0.1, 0.15) is 0 Å². The molecule has 4 heteroatoms. The van der Waals surface area contributed by atoms with Gasteiger partial charge in [-0.2, -0.15) is 0 Å². The molecular formula is C17H18ClNO2. The second kappa shape index (κ2) is 7.14. The van der Waals surface area contributed by atoms with E-state index in [0.29, 0.717) is 16.5 Å². The number of hydrogen-bond acceptors (Lipinski definition) is 3. The second-order valence-electron chi connectivity index (χ2n) is 4.87. The highest BCUT2D eigenvalue weighted by atomic mass is 35.5. The predicted octanol–water partition coefficient (Wildman–Crippen LogP) is 4.34. The van der Waals surface area contributed by atoms with Crippen LogP contribution < -0.4 is 5.32 Å². The first kappa shape index (κ1) is 15.4. The Kier molecular flexibility index (Phi) is 5.23. The number of carbonyl (C=O) groups is 1. The zero-order chi connectivity index (χ0) is 15.2. The molecule has 0 aromatic heterocycles. The van der Waals surface area contributed by atoms with Gasteiger partial charge in [-0.3, -0.25) is 0 Å². The number of benzene rings is 2. The molecule has 1 unspecified atom stereocenters. The number of carbonyl (C=O) groups excluding carboxylic acids is 1. The van der Waals surface area contributed by atoms with Gasteiger partial charge in [-0.25, -0.2) is 4.79 Å². The third-order valence-electron chi connectivity index (χ3n) is 3.35. The lowest BCUT2D eigenvalue weighted by atomic mass is 10.0. The van der Waals surface area contributed by atoms with Crippen LogP contribution in [0.15, 0.2) is 48.5 Å². The van der Waals surface area contributed by atoms with E-state index in [-0.39, 0.29) is 0 Å². The summed E-state index contributed by atoms with van der Waals surface area (Å²) in [7, 11) is 1.36. The van der Waals surface area contributed by atoms with Crippen molar-refractivity contribution >= 4 is 23.3 Å². The van der Waals surface area contributed by atoms with Gasteiger partial charge in [0, 0.05) is 17.3 Å². The highest BCUT2D eigenvalue weighted by Crippen LogP contribution is 2.23. The van der Waals surface area contributed by atoms with Crippen LogP contribution in [-0.4, -0.2) is 19.6 Å². The maximum Gasteiger partial charge on any atom is 0.340 e. The molecule has 0 bridgehead atoms. The Morgan fingerprint density at radius 2 is 1.95 bits per heavy atom. The van der Waals surface area contributed by atoms with Crippen molar-refractivity contribution in [1.82, 2.24) is 0 Å². The summed E-state index contributed by atoms with van der Waals surface area (Å²) in [6, 6.07) is 15.4. The summed E-state index contributed by atoms with van der Waals surface area (Å²) < 4.78 is 4.79. The number of methoxy groups -OCH3 is 1. The standard InChI is InChI=1S/C17H18ClNO2/c1-12(13-6-4-3-5-7-13)11-19-16-9-8-14(18)10-15(16)17(20)21-2/h3-10,12,19H,11H2,1-2H3. The van der Waals surface area contributed by atoms with E-state index in [2.05, 4.69) is 24.4 Å². The number of esters is 1. The van der Waals surface area contributed by atoms with Crippen LogP contribution in [0.25, 0.3) is 0 Å². The number of hydrogen-bond donors (Lipinski definition) is 1. The van der Waals surface area contributed by atoms with E-state index in [1.807, 2.05) is 18.2 Å². The monoisotopic (exact) mass is 303 g/mol. The van der Waals surface area contributed by atoms with Crippen molar-refractivity contribution in [2.24, 2.45) is 0 Å². The number of rotatable bonds is 5. The summed E-state index contributed by atoms with van der Waals surface area (Å²) in [5.41, 5.74) is 2.43. The Labute approximate surface area is 129 Å². The predicted molar refractivity (Wildman–Crippen MR) is 86.1 cm³/mol. The highest BCUT2D eigenvalue weighted by molar-refractivity contribution is 6.31. The zero-order valence-electron chi connectivity index (χ0n) is 12.1. The molecule has 0 saturated carbocycles. The molecule has 0 amide bonds. The van der Waals surface area contributed by atoms with Gasteiger partial charge in [-0.15, -0.1) is 0 Å². The van der Waals surface area contributed by atoms with Gasteiger partial charge >= 0.3 is 5.97 Å². The van der Waals surface area contributed by atoms with Gasteiger partial charge < -0.3 is 10.1 Å². The van der Waals surface area contributed by atoms with Crippen LogP contribution in [0.4, 0.5) is 5.69 Å². The number of nitrogens with one attached hydrogen (secondary N) is 1. The van der Waals surface area contributed by atoms with Gasteiger partial charge in [0.15, 0.2) is 0 Å². The Bertz CT molecular complexity index is 613. The molecule has 1 N–H and O–H groups in total. The van der Waals surface area contributed by atoms with E-state index in [4.69, 9.17) is 16.3 Å². The largest absolute Gasteiger partial charge is 0.465 e. The average Bonchev–Trinajstić information content (AvgIpc) is 2.53. The van der Waals surface area contributed by atoms with Crippen LogP contribution in [0, 0.1) is 0 Å².